The highest BCUT2D eigenvalue weighted by Crippen LogP contribution is 2.32. The quantitative estimate of drug-likeness (QED) is 0.419. The molecular formula is C14H13ClF3N5O4. The van der Waals surface area contributed by atoms with Crippen molar-refractivity contribution < 1.29 is 32.4 Å². The van der Waals surface area contributed by atoms with Gasteiger partial charge in [-0.3, -0.25) is 19.8 Å². The summed E-state index contributed by atoms with van der Waals surface area (Å²) in [5.74, 6) is -3.06. The van der Waals surface area contributed by atoms with Crippen molar-refractivity contribution in [1.82, 2.24) is 15.2 Å². The van der Waals surface area contributed by atoms with Crippen molar-refractivity contribution in [3.8, 4) is 0 Å². The average molecular weight is 408 g/mol. The molecule has 1 atom stereocenters. The Morgan fingerprint density at radius 1 is 1.44 bits per heavy atom. The molecular weight excluding hydrogens is 395 g/mol. The van der Waals surface area contributed by atoms with Gasteiger partial charge in [-0.15, -0.1) is 0 Å². The van der Waals surface area contributed by atoms with Gasteiger partial charge in [-0.1, -0.05) is 16.8 Å². The fourth-order valence-corrected chi connectivity index (χ4v) is 2.34. The van der Waals surface area contributed by atoms with Crippen molar-refractivity contribution in [3.63, 3.8) is 0 Å². The summed E-state index contributed by atoms with van der Waals surface area (Å²) in [6.07, 6.45) is -3.04. The molecule has 0 aromatic carbocycles. The van der Waals surface area contributed by atoms with Crippen molar-refractivity contribution in [2.24, 2.45) is 11.1 Å². The number of oxime groups is 1. The molecule has 9 nitrogen and oxygen atoms in total. The summed E-state index contributed by atoms with van der Waals surface area (Å²) in [6.45, 7) is -0.270. The number of urea groups is 1. The SMILES string of the molecule is CON=CC1C(=O)NC(=O)N(CCNc2ncc(C(F)(F)F)cc2Cl)C1=O. The van der Waals surface area contributed by atoms with E-state index >= 15 is 0 Å². The highest BCUT2D eigenvalue weighted by Gasteiger charge is 2.39. The van der Waals surface area contributed by atoms with E-state index < -0.39 is 35.5 Å². The summed E-state index contributed by atoms with van der Waals surface area (Å²) in [4.78, 5) is 44.4. The van der Waals surface area contributed by atoms with Gasteiger partial charge in [-0.05, 0) is 6.07 Å². The first-order chi connectivity index (χ1) is 12.6. The van der Waals surface area contributed by atoms with Crippen LogP contribution in [0.15, 0.2) is 17.4 Å². The Bertz CT molecular complexity index is 787. The maximum Gasteiger partial charge on any atom is 0.417 e. The van der Waals surface area contributed by atoms with Crippen LogP contribution in [-0.2, 0) is 20.6 Å². The molecule has 0 radical (unpaired) electrons. The molecule has 1 aromatic rings. The van der Waals surface area contributed by atoms with E-state index in [2.05, 4.69) is 20.3 Å². The van der Waals surface area contributed by atoms with E-state index in [4.69, 9.17) is 11.6 Å². The Hall–Kier alpha value is -2.89. The normalized spacial score (nSPS) is 18.0. The average Bonchev–Trinajstić information content (AvgIpc) is 2.57. The summed E-state index contributed by atoms with van der Waals surface area (Å²) < 4.78 is 37.7. The molecule has 0 bridgehead atoms. The molecule has 0 aliphatic carbocycles. The van der Waals surface area contributed by atoms with E-state index in [9.17, 15) is 27.6 Å². The zero-order valence-corrected chi connectivity index (χ0v) is 14.5. The third-order valence-electron chi connectivity index (χ3n) is 3.40. The van der Waals surface area contributed by atoms with Gasteiger partial charge in [0, 0.05) is 19.3 Å². The number of alkyl halides is 3. The van der Waals surface area contributed by atoms with E-state index in [1.807, 2.05) is 5.32 Å². The van der Waals surface area contributed by atoms with Crippen LogP contribution in [0, 0.1) is 5.92 Å². The molecule has 0 saturated carbocycles. The number of nitrogens with one attached hydrogen (secondary N) is 2. The van der Waals surface area contributed by atoms with Crippen LogP contribution in [0.1, 0.15) is 5.56 Å². The number of hydrogen-bond donors (Lipinski definition) is 2. The van der Waals surface area contributed by atoms with E-state index in [0.717, 1.165) is 11.1 Å². The molecule has 1 aliphatic heterocycles. The van der Waals surface area contributed by atoms with Gasteiger partial charge < -0.3 is 10.2 Å². The van der Waals surface area contributed by atoms with Crippen molar-refractivity contribution in [2.75, 3.05) is 25.5 Å². The third kappa shape index (κ3) is 4.84. The zero-order chi connectivity index (χ0) is 20.2. The molecule has 2 heterocycles. The van der Waals surface area contributed by atoms with Crippen molar-refractivity contribution >= 4 is 41.5 Å². The van der Waals surface area contributed by atoms with Crippen LogP contribution >= 0.6 is 11.6 Å². The molecule has 2 rings (SSSR count). The number of rotatable bonds is 6. The highest BCUT2D eigenvalue weighted by atomic mass is 35.5. The van der Waals surface area contributed by atoms with Gasteiger partial charge in [0.2, 0.25) is 11.8 Å². The van der Waals surface area contributed by atoms with Crippen LogP contribution < -0.4 is 10.6 Å². The topological polar surface area (TPSA) is 113 Å². The lowest BCUT2D eigenvalue weighted by Gasteiger charge is -2.28. The lowest BCUT2D eigenvalue weighted by Crippen LogP contribution is -2.59. The number of carbonyl (C=O) groups is 3. The fourth-order valence-electron chi connectivity index (χ4n) is 2.10. The predicted molar refractivity (Wildman–Crippen MR) is 87.0 cm³/mol. The van der Waals surface area contributed by atoms with Gasteiger partial charge in [-0.2, -0.15) is 13.2 Å². The number of nitrogens with zero attached hydrogens (tertiary/aromatic N) is 3. The zero-order valence-electron chi connectivity index (χ0n) is 13.7. The van der Waals surface area contributed by atoms with Gasteiger partial charge in [0.25, 0.3) is 0 Å². The number of halogens is 4. The first kappa shape index (κ1) is 20.4. The Morgan fingerprint density at radius 3 is 2.74 bits per heavy atom. The van der Waals surface area contributed by atoms with Gasteiger partial charge in [-0.25, -0.2) is 9.78 Å². The minimum absolute atomic E-state index is 0.0527. The second kappa shape index (κ2) is 8.20. The monoisotopic (exact) mass is 407 g/mol. The molecule has 1 aliphatic rings. The molecule has 0 spiro atoms. The fraction of sp³-hybridized carbons (Fsp3) is 0.357. The van der Waals surface area contributed by atoms with Crippen LogP contribution in [0.5, 0.6) is 0 Å². The number of imide groups is 2. The van der Waals surface area contributed by atoms with E-state index in [1.54, 1.807) is 0 Å². The van der Waals surface area contributed by atoms with E-state index in [-0.39, 0.29) is 23.9 Å². The smallest absolute Gasteiger partial charge is 0.399 e. The highest BCUT2D eigenvalue weighted by molar-refractivity contribution is 6.33. The number of hydrogen-bond acceptors (Lipinski definition) is 7. The van der Waals surface area contributed by atoms with Crippen LogP contribution in [0.25, 0.3) is 0 Å². The third-order valence-corrected chi connectivity index (χ3v) is 3.69. The number of aromatic nitrogens is 1. The summed E-state index contributed by atoms with van der Waals surface area (Å²) in [5.41, 5.74) is -1.01. The van der Waals surface area contributed by atoms with Gasteiger partial charge in [0.15, 0.2) is 5.92 Å². The summed E-state index contributed by atoms with van der Waals surface area (Å²) >= 11 is 5.75. The Kier molecular flexibility index (Phi) is 6.20. The Balaban J connectivity index is 2.01. The largest absolute Gasteiger partial charge is 0.417 e. The van der Waals surface area contributed by atoms with Crippen LogP contribution in [0.3, 0.4) is 0 Å². The number of barbiturate groups is 1. The molecule has 1 fully saturated rings. The summed E-state index contributed by atoms with van der Waals surface area (Å²) in [7, 11) is 1.22. The van der Waals surface area contributed by atoms with Gasteiger partial charge in [0.1, 0.15) is 12.9 Å². The lowest BCUT2D eigenvalue weighted by atomic mass is 10.1. The molecule has 1 aromatic heterocycles. The number of amides is 4. The van der Waals surface area contributed by atoms with Crippen molar-refractivity contribution in [3.05, 3.63) is 22.8 Å². The first-order valence-electron chi connectivity index (χ1n) is 7.34. The van der Waals surface area contributed by atoms with Gasteiger partial charge in [0.05, 0.1) is 16.8 Å². The second-order valence-corrected chi connectivity index (χ2v) is 5.59. The molecule has 13 heteroatoms. The summed E-state index contributed by atoms with van der Waals surface area (Å²) in [5, 5.41) is 7.68. The maximum atomic E-state index is 12.6. The molecule has 1 saturated heterocycles. The molecule has 2 N–H and O–H groups in total. The second-order valence-electron chi connectivity index (χ2n) is 5.18. The molecule has 4 amide bonds. The van der Waals surface area contributed by atoms with Crippen LogP contribution in [0.4, 0.5) is 23.8 Å². The standard InChI is InChI=1S/C14H13ClF3N5O4/c1-27-21-6-8-11(24)22-13(26)23(12(8)25)3-2-19-10-9(15)4-7(5-20-10)14(16,17)18/h4-6,8H,2-3H2,1H3,(H,19,20)(H,22,24,26). The first-order valence-corrected chi connectivity index (χ1v) is 7.72. The Morgan fingerprint density at radius 2 is 2.15 bits per heavy atom. The predicted octanol–water partition coefficient (Wildman–Crippen LogP) is 1.49. The van der Waals surface area contributed by atoms with Gasteiger partial charge >= 0.3 is 12.2 Å². The molecule has 146 valence electrons. The van der Waals surface area contributed by atoms with E-state index in [1.165, 1.54) is 7.11 Å². The van der Waals surface area contributed by atoms with Crippen molar-refractivity contribution in [1.29, 1.82) is 0 Å². The van der Waals surface area contributed by atoms with Crippen LogP contribution in [0.2, 0.25) is 5.02 Å². The number of carbonyl (C=O) groups excluding carboxylic acids is 3. The Labute approximate surface area is 155 Å². The molecule has 27 heavy (non-hydrogen) atoms. The van der Waals surface area contributed by atoms with E-state index in [0.29, 0.717) is 12.3 Å². The number of pyridine rings is 1. The molecule has 1 unspecified atom stereocenters. The number of anilines is 1. The minimum Gasteiger partial charge on any atom is -0.399 e. The lowest BCUT2D eigenvalue weighted by molar-refractivity contribution is -0.139. The van der Waals surface area contributed by atoms with Crippen molar-refractivity contribution in [2.45, 2.75) is 6.18 Å². The maximum absolute atomic E-state index is 12.6. The minimum atomic E-state index is -4.58. The summed E-state index contributed by atoms with van der Waals surface area (Å²) in [6, 6.07) is -0.230. The van der Waals surface area contributed by atoms with Crippen LogP contribution in [-0.4, -0.2) is 54.1 Å².